The van der Waals surface area contributed by atoms with Crippen molar-refractivity contribution < 1.29 is 18.7 Å². The Balaban J connectivity index is 1.53. The standard InChI is InChI=1S/C23H15BrFNO3/c24-20-10-2-1-6-17(20)14-28-19-9-3-5-15(11-19)12-21-23(27)29-22(26-21)16-7-4-8-18(25)13-16/h1-13H,14H2/b21-12-. The van der Waals surface area contributed by atoms with Crippen molar-refractivity contribution >= 4 is 33.9 Å². The van der Waals surface area contributed by atoms with Crippen LogP contribution >= 0.6 is 15.9 Å². The second-order valence-corrected chi connectivity index (χ2v) is 7.15. The number of aliphatic imine (C=N–C) groups is 1. The van der Waals surface area contributed by atoms with Crippen LogP contribution in [0.25, 0.3) is 6.08 Å². The molecule has 0 saturated heterocycles. The van der Waals surface area contributed by atoms with Crippen molar-refractivity contribution in [2.45, 2.75) is 6.61 Å². The minimum atomic E-state index is -0.580. The summed E-state index contributed by atoms with van der Waals surface area (Å²) in [5.41, 5.74) is 2.32. The number of rotatable bonds is 5. The van der Waals surface area contributed by atoms with Crippen molar-refractivity contribution in [1.29, 1.82) is 0 Å². The fourth-order valence-corrected chi connectivity index (χ4v) is 3.18. The third kappa shape index (κ3) is 4.60. The maximum absolute atomic E-state index is 13.4. The number of hydrogen-bond acceptors (Lipinski definition) is 4. The Kier molecular flexibility index (Phi) is 5.53. The van der Waals surface area contributed by atoms with Crippen molar-refractivity contribution in [1.82, 2.24) is 0 Å². The molecule has 4 nitrogen and oxygen atoms in total. The molecule has 144 valence electrons. The van der Waals surface area contributed by atoms with E-state index < -0.39 is 11.8 Å². The topological polar surface area (TPSA) is 47.9 Å². The van der Waals surface area contributed by atoms with Gasteiger partial charge in [-0.05, 0) is 48.0 Å². The molecule has 0 N–H and O–H groups in total. The van der Waals surface area contributed by atoms with E-state index in [0.29, 0.717) is 17.9 Å². The smallest absolute Gasteiger partial charge is 0.363 e. The Morgan fingerprint density at radius 3 is 2.69 bits per heavy atom. The predicted molar refractivity (Wildman–Crippen MR) is 112 cm³/mol. The number of esters is 1. The third-order valence-electron chi connectivity index (χ3n) is 4.21. The minimum absolute atomic E-state index is 0.0853. The van der Waals surface area contributed by atoms with Gasteiger partial charge in [-0.15, -0.1) is 0 Å². The molecule has 0 aliphatic carbocycles. The first-order valence-corrected chi connectivity index (χ1v) is 9.62. The summed E-state index contributed by atoms with van der Waals surface area (Å²) >= 11 is 3.50. The molecule has 0 unspecified atom stereocenters. The normalized spacial score (nSPS) is 14.6. The summed E-state index contributed by atoms with van der Waals surface area (Å²) < 4.78 is 25.4. The molecule has 4 rings (SSSR count). The summed E-state index contributed by atoms with van der Waals surface area (Å²) in [7, 11) is 0. The molecule has 0 fully saturated rings. The lowest BCUT2D eigenvalue weighted by Gasteiger charge is -2.08. The van der Waals surface area contributed by atoms with Crippen molar-refractivity contribution in [3.05, 3.63) is 105 Å². The van der Waals surface area contributed by atoms with Crippen LogP contribution in [0.15, 0.2) is 88.0 Å². The van der Waals surface area contributed by atoms with Gasteiger partial charge in [0.15, 0.2) is 5.70 Å². The number of nitrogens with zero attached hydrogens (tertiary/aromatic N) is 1. The van der Waals surface area contributed by atoms with Crippen LogP contribution in [-0.4, -0.2) is 11.9 Å². The Hall–Kier alpha value is -3.25. The first kappa shape index (κ1) is 19.1. The molecular formula is C23H15BrFNO3. The van der Waals surface area contributed by atoms with Crippen molar-refractivity contribution in [3.8, 4) is 5.75 Å². The number of carbonyl (C=O) groups excluding carboxylic acids is 1. The summed E-state index contributed by atoms with van der Waals surface area (Å²) in [6.45, 7) is 0.408. The molecule has 0 atom stereocenters. The lowest BCUT2D eigenvalue weighted by molar-refractivity contribution is -0.129. The average Bonchev–Trinajstić information content (AvgIpc) is 3.08. The fourth-order valence-electron chi connectivity index (χ4n) is 2.78. The average molecular weight is 452 g/mol. The van der Waals surface area contributed by atoms with E-state index in [1.165, 1.54) is 18.2 Å². The van der Waals surface area contributed by atoms with Gasteiger partial charge in [-0.3, -0.25) is 0 Å². The highest BCUT2D eigenvalue weighted by atomic mass is 79.9. The van der Waals surface area contributed by atoms with Gasteiger partial charge in [0.05, 0.1) is 0 Å². The highest BCUT2D eigenvalue weighted by Gasteiger charge is 2.24. The van der Waals surface area contributed by atoms with Gasteiger partial charge >= 0.3 is 5.97 Å². The van der Waals surface area contributed by atoms with E-state index >= 15 is 0 Å². The first-order chi connectivity index (χ1) is 14.1. The van der Waals surface area contributed by atoms with Gasteiger partial charge in [-0.1, -0.05) is 52.3 Å². The predicted octanol–water partition coefficient (Wildman–Crippen LogP) is 5.51. The SMILES string of the molecule is O=C1OC(c2cccc(F)c2)=N/C1=C\c1cccc(OCc2ccccc2Br)c1. The summed E-state index contributed by atoms with van der Waals surface area (Å²) in [6, 6.07) is 20.9. The van der Waals surface area contributed by atoms with E-state index in [1.807, 2.05) is 48.5 Å². The molecule has 3 aromatic rings. The van der Waals surface area contributed by atoms with Crippen molar-refractivity contribution in [2.24, 2.45) is 4.99 Å². The minimum Gasteiger partial charge on any atom is -0.489 e. The van der Waals surface area contributed by atoms with Crippen molar-refractivity contribution in [3.63, 3.8) is 0 Å². The Morgan fingerprint density at radius 2 is 1.86 bits per heavy atom. The van der Waals surface area contributed by atoms with Crippen LogP contribution in [0.2, 0.25) is 0 Å². The molecule has 6 heteroatoms. The molecule has 1 aliphatic rings. The monoisotopic (exact) mass is 451 g/mol. The number of halogens is 2. The first-order valence-electron chi connectivity index (χ1n) is 8.83. The Morgan fingerprint density at radius 1 is 1.03 bits per heavy atom. The summed E-state index contributed by atoms with van der Waals surface area (Å²) in [5.74, 6) is -0.254. The second kappa shape index (κ2) is 8.41. The maximum atomic E-state index is 13.4. The van der Waals surface area contributed by atoms with Crippen LogP contribution in [-0.2, 0) is 16.1 Å². The van der Waals surface area contributed by atoms with E-state index in [-0.39, 0.29) is 11.6 Å². The second-order valence-electron chi connectivity index (χ2n) is 6.30. The van der Waals surface area contributed by atoms with Gasteiger partial charge in [-0.25, -0.2) is 14.2 Å². The molecule has 0 radical (unpaired) electrons. The zero-order valence-electron chi connectivity index (χ0n) is 15.1. The molecule has 1 heterocycles. The number of ether oxygens (including phenoxy) is 2. The Labute approximate surface area is 175 Å². The van der Waals surface area contributed by atoms with Crippen LogP contribution in [0.3, 0.4) is 0 Å². The van der Waals surface area contributed by atoms with Crippen molar-refractivity contribution in [2.75, 3.05) is 0 Å². The van der Waals surface area contributed by atoms with E-state index in [1.54, 1.807) is 12.1 Å². The van der Waals surface area contributed by atoms with Crippen LogP contribution in [0.1, 0.15) is 16.7 Å². The molecule has 0 saturated carbocycles. The molecular weight excluding hydrogens is 437 g/mol. The molecule has 3 aromatic carbocycles. The van der Waals surface area contributed by atoms with E-state index in [4.69, 9.17) is 9.47 Å². The fraction of sp³-hybridized carbons (Fsp3) is 0.0435. The largest absolute Gasteiger partial charge is 0.489 e. The number of benzene rings is 3. The third-order valence-corrected chi connectivity index (χ3v) is 4.98. The summed E-state index contributed by atoms with van der Waals surface area (Å²) in [5, 5.41) is 0. The lowest BCUT2D eigenvalue weighted by Crippen LogP contribution is -2.05. The Bertz CT molecular complexity index is 1140. The number of hydrogen-bond donors (Lipinski definition) is 0. The number of carbonyl (C=O) groups is 1. The van der Waals surface area contributed by atoms with Crippen LogP contribution < -0.4 is 4.74 Å². The van der Waals surface area contributed by atoms with Crippen LogP contribution in [0.4, 0.5) is 4.39 Å². The van der Waals surface area contributed by atoms with Gasteiger partial charge in [0.25, 0.3) is 0 Å². The summed E-state index contributed by atoms with van der Waals surface area (Å²) in [4.78, 5) is 16.3. The highest BCUT2D eigenvalue weighted by molar-refractivity contribution is 9.10. The molecule has 0 bridgehead atoms. The molecule has 29 heavy (non-hydrogen) atoms. The maximum Gasteiger partial charge on any atom is 0.363 e. The van der Waals surface area contributed by atoms with Gasteiger partial charge < -0.3 is 9.47 Å². The quantitative estimate of drug-likeness (QED) is 0.379. The zero-order chi connectivity index (χ0) is 20.2. The van der Waals surface area contributed by atoms with Crippen LogP contribution in [0, 0.1) is 5.82 Å². The highest BCUT2D eigenvalue weighted by Crippen LogP contribution is 2.23. The lowest BCUT2D eigenvalue weighted by atomic mass is 10.2. The van der Waals surface area contributed by atoms with E-state index in [9.17, 15) is 9.18 Å². The van der Waals surface area contributed by atoms with Gasteiger partial charge in [-0.2, -0.15) is 0 Å². The molecule has 1 aliphatic heterocycles. The van der Waals surface area contributed by atoms with Gasteiger partial charge in [0.1, 0.15) is 18.2 Å². The molecule has 0 spiro atoms. The summed E-state index contributed by atoms with van der Waals surface area (Å²) in [6.07, 6.45) is 1.61. The van der Waals surface area contributed by atoms with E-state index in [2.05, 4.69) is 20.9 Å². The number of cyclic esters (lactones) is 1. The van der Waals surface area contributed by atoms with E-state index in [0.717, 1.165) is 15.6 Å². The van der Waals surface area contributed by atoms with Gasteiger partial charge in [0, 0.05) is 15.6 Å². The van der Waals surface area contributed by atoms with Gasteiger partial charge in [0.2, 0.25) is 5.90 Å². The molecule has 0 aromatic heterocycles. The van der Waals surface area contributed by atoms with Crippen LogP contribution in [0.5, 0.6) is 5.75 Å². The molecule has 0 amide bonds. The zero-order valence-corrected chi connectivity index (χ0v) is 16.7.